The number of benzene rings is 1. The minimum Gasteiger partial charge on any atom is -0.355 e. The van der Waals surface area contributed by atoms with E-state index in [0.29, 0.717) is 22.5 Å². The van der Waals surface area contributed by atoms with Crippen LogP contribution in [0.15, 0.2) is 30.5 Å². The molecular formula is C16H16N4O4. The van der Waals surface area contributed by atoms with Crippen molar-refractivity contribution >= 4 is 23.2 Å². The Morgan fingerprint density at radius 2 is 1.92 bits per heavy atom. The van der Waals surface area contributed by atoms with E-state index in [1.807, 2.05) is 0 Å². The summed E-state index contributed by atoms with van der Waals surface area (Å²) in [5, 5.41) is 16.0. The molecule has 1 aromatic heterocycles. The van der Waals surface area contributed by atoms with Crippen LogP contribution in [0.4, 0.5) is 11.4 Å². The van der Waals surface area contributed by atoms with E-state index < -0.39 is 10.8 Å². The van der Waals surface area contributed by atoms with Crippen molar-refractivity contribution in [1.29, 1.82) is 0 Å². The predicted octanol–water partition coefficient (Wildman–Crippen LogP) is 2.22. The van der Waals surface area contributed by atoms with Crippen LogP contribution in [0.1, 0.15) is 32.0 Å². The van der Waals surface area contributed by atoms with Gasteiger partial charge in [0.1, 0.15) is 6.20 Å². The third-order valence-electron chi connectivity index (χ3n) is 3.50. The monoisotopic (exact) mass is 328 g/mol. The second-order valence-corrected chi connectivity index (χ2v) is 5.11. The molecule has 24 heavy (non-hydrogen) atoms. The minimum absolute atomic E-state index is 0.0774. The fourth-order valence-electron chi connectivity index (χ4n) is 2.24. The highest BCUT2D eigenvalue weighted by atomic mass is 16.6. The van der Waals surface area contributed by atoms with E-state index in [1.54, 1.807) is 32.0 Å². The Morgan fingerprint density at radius 3 is 2.54 bits per heavy atom. The molecule has 2 rings (SSSR count). The van der Waals surface area contributed by atoms with E-state index in [4.69, 9.17) is 0 Å². The van der Waals surface area contributed by atoms with Gasteiger partial charge < -0.3 is 10.6 Å². The van der Waals surface area contributed by atoms with Gasteiger partial charge in [-0.25, -0.2) is 0 Å². The van der Waals surface area contributed by atoms with Crippen molar-refractivity contribution in [1.82, 2.24) is 10.3 Å². The second-order valence-electron chi connectivity index (χ2n) is 5.11. The van der Waals surface area contributed by atoms with Crippen molar-refractivity contribution in [2.75, 3.05) is 12.4 Å². The first-order valence-corrected chi connectivity index (χ1v) is 7.09. The lowest BCUT2D eigenvalue weighted by Gasteiger charge is -2.13. The summed E-state index contributed by atoms with van der Waals surface area (Å²) in [5.74, 6) is -0.906. The van der Waals surface area contributed by atoms with Crippen molar-refractivity contribution < 1.29 is 14.5 Å². The first-order chi connectivity index (χ1) is 11.3. The molecule has 0 radical (unpaired) electrons. The van der Waals surface area contributed by atoms with Gasteiger partial charge in [0.05, 0.1) is 27.4 Å². The van der Waals surface area contributed by atoms with E-state index in [-0.39, 0.29) is 17.2 Å². The number of aromatic nitrogens is 1. The summed E-state index contributed by atoms with van der Waals surface area (Å²) in [6, 6.07) is 6.21. The molecule has 0 fully saturated rings. The standard InChI is InChI=1S/C16H16N4O4/c1-9-5-4-6-13(14(9)16(22)17-3)19-15(21)12-7-11(20(23)24)8-18-10(12)2/h4-8H,1-3H3,(H,17,22)(H,19,21). The van der Waals surface area contributed by atoms with Gasteiger partial charge in [-0.05, 0) is 25.5 Å². The summed E-state index contributed by atoms with van der Waals surface area (Å²) < 4.78 is 0. The number of pyridine rings is 1. The Morgan fingerprint density at radius 1 is 1.21 bits per heavy atom. The van der Waals surface area contributed by atoms with E-state index in [9.17, 15) is 19.7 Å². The van der Waals surface area contributed by atoms with E-state index in [2.05, 4.69) is 15.6 Å². The average molecular weight is 328 g/mol. The largest absolute Gasteiger partial charge is 0.355 e. The van der Waals surface area contributed by atoms with Crippen LogP contribution in [0.25, 0.3) is 0 Å². The maximum Gasteiger partial charge on any atom is 0.288 e. The zero-order valence-electron chi connectivity index (χ0n) is 13.4. The molecule has 2 aromatic rings. The van der Waals surface area contributed by atoms with Crippen LogP contribution in [0.2, 0.25) is 0 Å². The lowest BCUT2D eigenvalue weighted by Crippen LogP contribution is -2.23. The Hall–Kier alpha value is -3.29. The fraction of sp³-hybridized carbons (Fsp3) is 0.188. The smallest absolute Gasteiger partial charge is 0.288 e. The molecule has 2 amide bonds. The van der Waals surface area contributed by atoms with Crippen LogP contribution in [0, 0.1) is 24.0 Å². The van der Waals surface area contributed by atoms with Crippen LogP contribution >= 0.6 is 0 Å². The van der Waals surface area contributed by atoms with Gasteiger partial charge in [-0.3, -0.25) is 24.7 Å². The number of nitrogens with zero attached hydrogens (tertiary/aromatic N) is 2. The molecular weight excluding hydrogens is 312 g/mol. The average Bonchev–Trinajstić information content (AvgIpc) is 2.54. The van der Waals surface area contributed by atoms with Crippen molar-refractivity contribution in [3.05, 3.63) is 63.0 Å². The highest BCUT2D eigenvalue weighted by molar-refractivity contribution is 6.10. The molecule has 0 saturated heterocycles. The number of hydrogen-bond acceptors (Lipinski definition) is 5. The highest BCUT2D eigenvalue weighted by Crippen LogP contribution is 2.22. The van der Waals surface area contributed by atoms with Gasteiger partial charge in [0.25, 0.3) is 17.5 Å². The minimum atomic E-state index is -0.619. The van der Waals surface area contributed by atoms with Crippen LogP contribution in [0.3, 0.4) is 0 Å². The number of aryl methyl sites for hydroxylation is 2. The summed E-state index contributed by atoms with van der Waals surface area (Å²) in [6.07, 6.45) is 1.09. The van der Waals surface area contributed by atoms with Gasteiger partial charge in [0.15, 0.2) is 0 Å². The zero-order chi connectivity index (χ0) is 17.9. The maximum absolute atomic E-state index is 12.5. The molecule has 0 aliphatic heterocycles. The Bertz CT molecular complexity index is 833. The van der Waals surface area contributed by atoms with Gasteiger partial charge in [-0.1, -0.05) is 12.1 Å². The molecule has 0 aliphatic rings. The molecule has 8 nitrogen and oxygen atoms in total. The van der Waals surface area contributed by atoms with E-state index >= 15 is 0 Å². The van der Waals surface area contributed by atoms with Crippen LogP contribution in [-0.4, -0.2) is 28.8 Å². The predicted molar refractivity (Wildman–Crippen MR) is 88.2 cm³/mol. The van der Waals surface area contributed by atoms with Crippen LogP contribution in [0.5, 0.6) is 0 Å². The second kappa shape index (κ2) is 6.86. The van der Waals surface area contributed by atoms with Crippen molar-refractivity contribution in [3.63, 3.8) is 0 Å². The van der Waals surface area contributed by atoms with Gasteiger partial charge in [-0.15, -0.1) is 0 Å². The number of carbonyl (C=O) groups excluding carboxylic acids is 2. The lowest BCUT2D eigenvalue weighted by molar-refractivity contribution is -0.385. The van der Waals surface area contributed by atoms with E-state index in [0.717, 1.165) is 12.3 Å². The normalized spacial score (nSPS) is 10.1. The molecule has 1 heterocycles. The highest BCUT2D eigenvalue weighted by Gasteiger charge is 2.19. The molecule has 0 aliphatic carbocycles. The molecule has 2 N–H and O–H groups in total. The first kappa shape index (κ1) is 17.1. The number of hydrogen-bond donors (Lipinski definition) is 2. The number of nitrogens with one attached hydrogen (secondary N) is 2. The maximum atomic E-state index is 12.5. The summed E-state index contributed by atoms with van der Waals surface area (Å²) in [4.78, 5) is 38.6. The van der Waals surface area contributed by atoms with Gasteiger partial charge in [-0.2, -0.15) is 0 Å². The van der Waals surface area contributed by atoms with Crippen LogP contribution < -0.4 is 10.6 Å². The molecule has 0 bridgehead atoms. The molecule has 0 spiro atoms. The Labute approximate surface area is 138 Å². The first-order valence-electron chi connectivity index (χ1n) is 7.09. The Kier molecular flexibility index (Phi) is 4.88. The van der Waals surface area contributed by atoms with Gasteiger partial charge in [0.2, 0.25) is 0 Å². The number of carbonyl (C=O) groups is 2. The summed E-state index contributed by atoms with van der Waals surface area (Å²) in [7, 11) is 1.50. The van der Waals surface area contributed by atoms with Crippen LogP contribution in [-0.2, 0) is 0 Å². The lowest BCUT2D eigenvalue weighted by atomic mass is 10.1. The molecule has 0 unspecified atom stereocenters. The SMILES string of the molecule is CNC(=O)c1c(C)cccc1NC(=O)c1cc([N+](=O)[O-])cnc1C. The molecule has 0 saturated carbocycles. The molecule has 0 atom stereocenters. The molecule has 1 aromatic carbocycles. The van der Waals surface area contributed by atoms with Gasteiger partial charge >= 0.3 is 0 Å². The number of nitro groups is 1. The van der Waals surface area contributed by atoms with Crippen molar-refractivity contribution in [2.45, 2.75) is 13.8 Å². The third kappa shape index (κ3) is 3.37. The van der Waals surface area contributed by atoms with Gasteiger partial charge in [0, 0.05) is 13.1 Å². The molecule has 124 valence electrons. The van der Waals surface area contributed by atoms with Crippen molar-refractivity contribution in [2.24, 2.45) is 0 Å². The topological polar surface area (TPSA) is 114 Å². The van der Waals surface area contributed by atoms with E-state index in [1.165, 1.54) is 7.05 Å². The fourth-order valence-corrected chi connectivity index (χ4v) is 2.24. The number of rotatable bonds is 4. The summed E-state index contributed by atoms with van der Waals surface area (Å²) in [6.45, 7) is 3.33. The quantitative estimate of drug-likeness (QED) is 0.659. The number of amides is 2. The van der Waals surface area contributed by atoms with Crippen molar-refractivity contribution in [3.8, 4) is 0 Å². The Balaban J connectivity index is 2.41. The summed E-state index contributed by atoms with van der Waals surface area (Å²) >= 11 is 0. The zero-order valence-corrected chi connectivity index (χ0v) is 13.4. The number of anilines is 1. The molecule has 8 heteroatoms. The summed E-state index contributed by atoms with van der Waals surface area (Å²) in [5.41, 5.74) is 1.51. The third-order valence-corrected chi connectivity index (χ3v) is 3.50.